The van der Waals surface area contributed by atoms with E-state index >= 15 is 0 Å². The third kappa shape index (κ3) is 4.42. The molecule has 0 aliphatic carbocycles. The van der Waals surface area contributed by atoms with E-state index in [4.69, 9.17) is 22.3 Å². The zero-order chi connectivity index (χ0) is 20.1. The lowest BCUT2D eigenvalue weighted by atomic mass is 10.0. The van der Waals surface area contributed by atoms with Crippen LogP contribution in [0.25, 0.3) is 0 Å². The van der Waals surface area contributed by atoms with Gasteiger partial charge in [0.1, 0.15) is 17.7 Å². The number of hydrogen-bond acceptors (Lipinski definition) is 4. The molecule has 1 atom stereocenters. The summed E-state index contributed by atoms with van der Waals surface area (Å²) in [5.74, 6) is -0.628. The number of benzene rings is 2. The van der Waals surface area contributed by atoms with Crippen molar-refractivity contribution >= 4 is 17.6 Å². The van der Waals surface area contributed by atoms with Crippen molar-refractivity contribution in [3.8, 4) is 0 Å². The van der Waals surface area contributed by atoms with Crippen LogP contribution >= 0.6 is 0 Å². The summed E-state index contributed by atoms with van der Waals surface area (Å²) in [6.07, 6.45) is 3.13. The highest BCUT2D eigenvalue weighted by atomic mass is 16.1. The van der Waals surface area contributed by atoms with E-state index in [9.17, 15) is 4.79 Å². The van der Waals surface area contributed by atoms with Gasteiger partial charge < -0.3 is 16.8 Å². The summed E-state index contributed by atoms with van der Waals surface area (Å²) in [5, 5.41) is 22.2. The summed E-state index contributed by atoms with van der Waals surface area (Å²) >= 11 is 0. The number of amidine groups is 2. The van der Waals surface area contributed by atoms with Gasteiger partial charge in [0.25, 0.3) is 5.91 Å². The first-order valence-corrected chi connectivity index (χ1v) is 8.59. The molecule has 7 N–H and O–H groups in total. The molecule has 0 aliphatic heterocycles. The second-order valence-corrected chi connectivity index (χ2v) is 6.31. The van der Waals surface area contributed by atoms with Crippen molar-refractivity contribution in [2.75, 3.05) is 0 Å². The van der Waals surface area contributed by atoms with Gasteiger partial charge >= 0.3 is 0 Å². The average Bonchev–Trinajstić information content (AvgIpc) is 3.15. The molecule has 8 heteroatoms. The number of amides is 1. The zero-order valence-corrected chi connectivity index (χ0v) is 15.1. The molecule has 0 bridgehead atoms. The predicted molar refractivity (Wildman–Crippen MR) is 107 cm³/mol. The minimum Gasteiger partial charge on any atom is -0.386 e. The van der Waals surface area contributed by atoms with Crippen LogP contribution in [-0.2, 0) is 6.54 Å². The molecule has 0 saturated heterocycles. The lowest BCUT2D eigenvalue weighted by molar-refractivity contribution is 0.0946. The van der Waals surface area contributed by atoms with Gasteiger partial charge in [0.05, 0.1) is 18.3 Å². The van der Waals surface area contributed by atoms with Crippen molar-refractivity contribution in [3.63, 3.8) is 0 Å². The standard InChI is InChI=1S/C20H21N7O/c21-18(22)15-8-6-14(7-9-15)17(19(23)24)26-20(28)16-10-25-27(12-16)11-13-4-2-1-3-5-13/h1-10,12,17H,11H2,(H3,21,22)(H3,23,24)(H,26,28). The molecule has 1 aromatic heterocycles. The van der Waals surface area contributed by atoms with Gasteiger partial charge in [-0.1, -0.05) is 54.6 Å². The second kappa shape index (κ2) is 8.17. The third-order valence-electron chi connectivity index (χ3n) is 4.22. The Kier molecular flexibility index (Phi) is 5.50. The average molecular weight is 375 g/mol. The maximum Gasteiger partial charge on any atom is 0.255 e. The SMILES string of the molecule is N=C(N)c1ccc(C(NC(=O)c2cnn(Cc3ccccc3)c2)C(=N)N)cc1. The van der Waals surface area contributed by atoms with Gasteiger partial charge in [-0.3, -0.25) is 20.3 Å². The summed E-state index contributed by atoms with van der Waals surface area (Å²) in [7, 11) is 0. The van der Waals surface area contributed by atoms with Crippen LogP contribution in [0.5, 0.6) is 0 Å². The Bertz CT molecular complexity index is 993. The largest absolute Gasteiger partial charge is 0.386 e. The predicted octanol–water partition coefficient (Wildman–Crippen LogP) is 1.62. The number of nitrogens with zero attached hydrogens (tertiary/aromatic N) is 2. The van der Waals surface area contributed by atoms with E-state index in [1.807, 2.05) is 30.3 Å². The van der Waals surface area contributed by atoms with Crippen LogP contribution in [0.3, 0.4) is 0 Å². The van der Waals surface area contributed by atoms with Crippen molar-refractivity contribution in [2.24, 2.45) is 11.5 Å². The van der Waals surface area contributed by atoms with E-state index in [1.54, 1.807) is 35.1 Å². The van der Waals surface area contributed by atoms with E-state index in [0.717, 1.165) is 5.56 Å². The van der Waals surface area contributed by atoms with Crippen molar-refractivity contribution in [3.05, 3.63) is 89.2 Å². The van der Waals surface area contributed by atoms with E-state index in [2.05, 4.69) is 10.4 Å². The van der Waals surface area contributed by atoms with E-state index in [0.29, 0.717) is 23.2 Å². The van der Waals surface area contributed by atoms with Crippen LogP contribution in [0, 0.1) is 10.8 Å². The molecule has 0 saturated carbocycles. The summed E-state index contributed by atoms with van der Waals surface area (Å²) in [6, 6.07) is 15.7. The number of nitrogens with one attached hydrogen (secondary N) is 3. The van der Waals surface area contributed by atoms with E-state index < -0.39 is 6.04 Å². The van der Waals surface area contributed by atoms with Crippen LogP contribution in [0.4, 0.5) is 0 Å². The number of rotatable bonds is 7. The van der Waals surface area contributed by atoms with Crippen LogP contribution in [-0.4, -0.2) is 27.4 Å². The molecule has 0 radical (unpaired) electrons. The summed E-state index contributed by atoms with van der Waals surface area (Å²) in [6.45, 7) is 0.552. The summed E-state index contributed by atoms with van der Waals surface area (Å²) in [5.41, 5.74) is 13.8. The first-order chi connectivity index (χ1) is 13.4. The molecule has 142 valence electrons. The Morgan fingerprint density at radius 3 is 2.32 bits per heavy atom. The lowest BCUT2D eigenvalue weighted by Gasteiger charge is -2.17. The Balaban J connectivity index is 1.72. The van der Waals surface area contributed by atoms with Gasteiger partial charge in [0.2, 0.25) is 0 Å². The molecular weight excluding hydrogens is 354 g/mol. The number of nitrogen functional groups attached to an aromatic ring is 1. The molecule has 1 heterocycles. The maximum absolute atomic E-state index is 12.6. The number of hydrogen-bond donors (Lipinski definition) is 5. The van der Waals surface area contributed by atoms with Crippen molar-refractivity contribution in [1.29, 1.82) is 10.8 Å². The summed E-state index contributed by atoms with van der Waals surface area (Å²) < 4.78 is 1.68. The lowest BCUT2D eigenvalue weighted by Crippen LogP contribution is -2.37. The van der Waals surface area contributed by atoms with Crippen LogP contribution in [0.15, 0.2) is 67.0 Å². The van der Waals surface area contributed by atoms with Gasteiger partial charge in [-0.15, -0.1) is 0 Å². The molecule has 1 unspecified atom stereocenters. The molecule has 0 spiro atoms. The topological polar surface area (TPSA) is 147 Å². The molecule has 8 nitrogen and oxygen atoms in total. The number of nitrogens with two attached hydrogens (primary N) is 2. The molecular formula is C20H21N7O. The highest BCUT2D eigenvalue weighted by Gasteiger charge is 2.19. The maximum atomic E-state index is 12.6. The Labute approximate surface area is 162 Å². The van der Waals surface area contributed by atoms with Gasteiger partial charge in [0.15, 0.2) is 0 Å². The number of carbonyl (C=O) groups excluding carboxylic acids is 1. The normalized spacial score (nSPS) is 11.6. The Hall–Kier alpha value is -3.94. The fourth-order valence-corrected chi connectivity index (χ4v) is 2.75. The Morgan fingerprint density at radius 1 is 1.04 bits per heavy atom. The van der Waals surface area contributed by atoms with Crippen LogP contribution in [0.2, 0.25) is 0 Å². The summed E-state index contributed by atoms with van der Waals surface area (Å²) in [4.78, 5) is 12.6. The first-order valence-electron chi connectivity index (χ1n) is 8.59. The van der Waals surface area contributed by atoms with Crippen LogP contribution < -0.4 is 16.8 Å². The van der Waals surface area contributed by atoms with Crippen molar-refractivity contribution < 1.29 is 4.79 Å². The fraction of sp³-hybridized carbons (Fsp3) is 0.100. The molecule has 2 aromatic carbocycles. The van der Waals surface area contributed by atoms with Gasteiger partial charge in [-0.2, -0.15) is 5.10 Å². The number of carbonyl (C=O) groups is 1. The van der Waals surface area contributed by atoms with E-state index in [-0.39, 0.29) is 17.6 Å². The quantitative estimate of drug-likeness (QED) is 0.315. The van der Waals surface area contributed by atoms with Crippen molar-refractivity contribution in [2.45, 2.75) is 12.6 Å². The highest BCUT2D eigenvalue weighted by Crippen LogP contribution is 2.15. The van der Waals surface area contributed by atoms with Crippen molar-refractivity contribution in [1.82, 2.24) is 15.1 Å². The second-order valence-electron chi connectivity index (χ2n) is 6.31. The molecule has 3 aromatic rings. The molecule has 0 aliphatic rings. The van der Waals surface area contributed by atoms with Gasteiger partial charge in [0, 0.05) is 11.8 Å². The smallest absolute Gasteiger partial charge is 0.255 e. The third-order valence-corrected chi connectivity index (χ3v) is 4.22. The minimum absolute atomic E-state index is 0.0548. The molecule has 28 heavy (non-hydrogen) atoms. The molecule has 0 fully saturated rings. The monoisotopic (exact) mass is 375 g/mol. The van der Waals surface area contributed by atoms with E-state index in [1.165, 1.54) is 6.20 Å². The van der Waals surface area contributed by atoms with Gasteiger partial charge in [-0.05, 0) is 11.1 Å². The number of aromatic nitrogens is 2. The molecule has 1 amide bonds. The van der Waals surface area contributed by atoms with Gasteiger partial charge in [-0.25, -0.2) is 0 Å². The zero-order valence-electron chi connectivity index (χ0n) is 15.1. The first kappa shape index (κ1) is 18.8. The van der Waals surface area contributed by atoms with Crippen LogP contribution in [0.1, 0.15) is 33.1 Å². The minimum atomic E-state index is -0.786. The highest BCUT2D eigenvalue weighted by molar-refractivity contribution is 5.98. The fourth-order valence-electron chi connectivity index (χ4n) is 2.75. The molecule has 3 rings (SSSR count). The Morgan fingerprint density at radius 2 is 1.71 bits per heavy atom.